The minimum absolute atomic E-state index is 0.0590. The Kier molecular flexibility index (Phi) is 6.16. The van der Waals surface area contributed by atoms with Crippen LogP contribution in [0.3, 0.4) is 0 Å². The van der Waals surface area contributed by atoms with Crippen molar-refractivity contribution in [2.75, 3.05) is 26.7 Å². The van der Waals surface area contributed by atoms with Crippen molar-refractivity contribution < 1.29 is 4.79 Å². The van der Waals surface area contributed by atoms with E-state index in [2.05, 4.69) is 46.1 Å². The van der Waals surface area contributed by atoms with E-state index in [-0.39, 0.29) is 11.9 Å². The highest BCUT2D eigenvalue weighted by molar-refractivity contribution is 5.76. The maximum Gasteiger partial charge on any atom is 0.224 e. The van der Waals surface area contributed by atoms with Gasteiger partial charge in [0.1, 0.15) is 0 Å². The molecule has 0 aliphatic carbocycles. The minimum atomic E-state index is 0.0590. The van der Waals surface area contributed by atoms with Gasteiger partial charge in [0.05, 0.1) is 12.5 Å². The van der Waals surface area contributed by atoms with Crippen LogP contribution in [0.25, 0.3) is 0 Å². The van der Waals surface area contributed by atoms with Crippen LogP contribution in [0.5, 0.6) is 0 Å². The Morgan fingerprint density at radius 2 is 1.79 bits per heavy atom. The van der Waals surface area contributed by atoms with Gasteiger partial charge in [-0.2, -0.15) is 0 Å². The Balaban J connectivity index is 1.42. The smallest absolute Gasteiger partial charge is 0.224 e. The van der Waals surface area contributed by atoms with Crippen LogP contribution in [-0.4, -0.2) is 53.0 Å². The molecule has 0 bridgehead atoms. The molecule has 2 aliphatic rings. The van der Waals surface area contributed by atoms with E-state index in [4.69, 9.17) is 0 Å². The molecule has 1 amide bonds. The highest BCUT2D eigenvalue weighted by atomic mass is 16.2. The SMILES string of the molecule is CN(CC1CCCN2CCCCC12)C(=O)CC(c1ccccc1)n1cccc1. The van der Waals surface area contributed by atoms with Gasteiger partial charge < -0.3 is 14.4 Å². The second kappa shape index (κ2) is 8.95. The van der Waals surface area contributed by atoms with Crippen molar-refractivity contribution in [3.63, 3.8) is 0 Å². The van der Waals surface area contributed by atoms with Crippen molar-refractivity contribution in [2.24, 2.45) is 5.92 Å². The molecule has 4 heteroatoms. The maximum absolute atomic E-state index is 13.2. The van der Waals surface area contributed by atoms with Crippen LogP contribution in [-0.2, 0) is 4.79 Å². The molecule has 4 rings (SSSR count). The fourth-order valence-corrected chi connectivity index (χ4v) is 5.19. The summed E-state index contributed by atoms with van der Waals surface area (Å²) >= 11 is 0. The van der Waals surface area contributed by atoms with E-state index in [0.29, 0.717) is 18.4 Å². The van der Waals surface area contributed by atoms with E-state index in [1.807, 2.05) is 30.1 Å². The van der Waals surface area contributed by atoms with E-state index < -0.39 is 0 Å². The molecule has 150 valence electrons. The third kappa shape index (κ3) is 4.33. The van der Waals surface area contributed by atoms with Crippen LogP contribution in [0.2, 0.25) is 0 Å². The Hall–Kier alpha value is -2.07. The third-order valence-corrected chi connectivity index (χ3v) is 6.70. The zero-order chi connectivity index (χ0) is 19.3. The molecule has 1 aromatic carbocycles. The number of aromatic nitrogens is 1. The van der Waals surface area contributed by atoms with E-state index in [0.717, 1.165) is 6.54 Å². The van der Waals surface area contributed by atoms with Gasteiger partial charge >= 0.3 is 0 Å². The van der Waals surface area contributed by atoms with Gasteiger partial charge in [0.25, 0.3) is 0 Å². The monoisotopic (exact) mass is 379 g/mol. The van der Waals surface area contributed by atoms with Gasteiger partial charge in [-0.1, -0.05) is 36.8 Å². The zero-order valence-electron chi connectivity index (χ0n) is 17.0. The Bertz CT molecular complexity index is 740. The predicted molar refractivity (Wildman–Crippen MR) is 113 cm³/mol. The van der Waals surface area contributed by atoms with Crippen LogP contribution in [0, 0.1) is 5.92 Å². The number of hydrogen-bond acceptors (Lipinski definition) is 2. The van der Waals surface area contributed by atoms with Crippen molar-refractivity contribution >= 4 is 5.91 Å². The molecule has 2 fully saturated rings. The highest BCUT2D eigenvalue weighted by Gasteiger charge is 2.34. The molecular weight excluding hydrogens is 346 g/mol. The Morgan fingerprint density at radius 3 is 2.57 bits per heavy atom. The second-order valence-corrected chi connectivity index (χ2v) is 8.54. The molecular formula is C24H33N3O. The molecule has 28 heavy (non-hydrogen) atoms. The Labute approximate surface area is 169 Å². The van der Waals surface area contributed by atoms with E-state index in [9.17, 15) is 4.79 Å². The molecule has 3 atom stereocenters. The molecule has 0 saturated carbocycles. The lowest BCUT2D eigenvalue weighted by Gasteiger charge is -2.45. The molecule has 0 radical (unpaired) electrons. The van der Waals surface area contributed by atoms with Gasteiger partial charge in [0, 0.05) is 32.0 Å². The van der Waals surface area contributed by atoms with Gasteiger partial charge in [-0.15, -0.1) is 0 Å². The van der Waals surface area contributed by atoms with Crippen molar-refractivity contribution in [2.45, 2.75) is 50.6 Å². The molecule has 0 spiro atoms. The second-order valence-electron chi connectivity index (χ2n) is 8.54. The number of piperidine rings is 2. The molecule has 3 heterocycles. The average molecular weight is 380 g/mol. The quantitative estimate of drug-likeness (QED) is 0.753. The summed E-state index contributed by atoms with van der Waals surface area (Å²) in [5.74, 6) is 0.875. The van der Waals surface area contributed by atoms with E-state index >= 15 is 0 Å². The van der Waals surface area contributed by atoms with Crippen molar-refractivity contribution in [1.29, 1.82) is 0 Å². The van der Waals surface area contributed by atoms with Crippen LogP contribution in [0.1, 0.15) is 50.1 Å². The number of hydrogen-bond donors (Lipinski definition) is 0. The van der Waals surface area contributed by atoms with Crippen molar-refractivity contribution in [3.05, 3.63) is 60.4 Å². The number of amides is 1. The molecule has 3 unspecified atom stereocenters. The fourth-order valence-electron chi connectivity index (χ4n) is 5.19. The lowest BCUT2D eigenvalue weighted by Crippen LogP contribution is -2.51. The molecule has 4 nitrogen and oxygen atoms in total. The van der Waals surface area contributed by atoms with Gasteiger partial charge in [-0.05, 0) is 62.4 Å². The van der Waals surface area contributed by atoms with Crippen molar-refractivity contribution in [1.82, 2.24) is 14.4 Å². The predicted octanol–water partition coefficient (Wildman–Crippen LogP) is 4.19. The fraction of sp³-hybridized carbons (Fsp3) is 0.542. The van der Waals surface area contributed by atoms with Gasteiger partial charge in [0.15, 0.2) is 0 Å². The zero-order valence-corrected chi connectivity index (χ0v) is 17.0. The van der Waals surface area contributed by atoms with Gasteiger partial charge in [-0.3, -0.25) is 4.79 Å². The number of nitrogens with zero attached hydrogens (tertiary/aromatic N) is 3. The summed E-state index contributed by atoms with van der Waals surface area (Å²) in [5.41, 5.74) is 1.19. The minimum Gasteiger partial charge on any atom is -0.346 e. The lowest BCUT2D eigenvalue weighted by atomic mass is 9.83. The summed E-state index contributed by atoms with van der Waals surface area (Å²) < 4.78 is 2.16. The summed E-state index contributed by atoms with van der Waals surface area (Å²) in [6.45, 7) is 3.40. The van der Waals surface area contributed by atoms with Gasteiger partial charge in [0.2, 0.25) is 5.91 Å². The van der Waals surface area contributed by atoms with Crippen LogP contribution < -0.4 is 0 Å². The number of carbonyl (C=O) groups is 1. The number of carbonyl (C=O) groups excluding carboxylic acids is 1. The highest BCUT2D eigenvalue weighted by Crippen LogP contribution is 2.31. The number of benzene rings is 1. The third-order valence-electron chi connectivity index (χ3n) is 6.70. The topological polar surface area (TPSA) is 28.5 Å². The summed E-state index contributed by atoms with van der Waals surface area (Å²) in [5, 5.41) is 0. The molecule has 2 saturated heterocycles. The summed E-state index contributed by atoms with van der Waals surface area (Å²) in [6.07, 6.45) is 11.2. The molecule has 2 aromatic rings. The number of rotatable bonds is 6. The van der Waals surface area contributed by atoms with E-state index in [1.54, 1.807) is 0 Å². The van der Waals surface area contributed by atoms with Gasteiger partial charge in [-0.25, -0.2) is 0 Å². The maximum atomic E-state index is 13.2. The lowest BCUT2D eigenvalue weighted by molar-refractivity contribution is -0.131. The summed E-state index contributed by atoms with van der Waals surface area (Å²) in [4.78, 5) is 17.8. The normalized spacial score (nSPS) is 23.8. The Morgan fingerprint density at radius 1 is 1.04 bits per heavy atom. The first kappa shape index (κ1) is 19.3. The first-order chi connectivity index (χ1) is 13.7. The van der Waals surface area contributed by atoms with Crippen LogP contribution in [0.4, 0.5) is 0 Å². The summed E-state index contributed by atoms with van der Waals surface area (Å²) in [6, 6.07) is 15.2. The standard InChI is InChI=1S/C24H33N3O/c1-25(19-21-12-9-17-26-14-6-5-13-22(21)26)24(28)18-23(27-15-7-8-16-27)20-10-3-2-4-11-20/h2-4,7-8,10-11,15-16,21-23H,5-6,9,12-14,17-19H2,1H3. The summed E-state index contributed by atoms with van der Waals surface area (Å²) in [7, 11) is 2.00. The molecule has 2 aliphatic heterocycles. The molecule has 0 N–H and O–H groups in total. The first-order valence-electron chi connectivity index (χ1n) is 10.9. The average Bonchev–Trinajstić information content (AvgIpc) is 3.27. The number of fused-ring (bicyclic) bond motifs is 1. The van der Waals surface area contributed by atoms with Crippen LogP contribution in [0.15, 0.2) is 54.9 Å². The first-order valence-corrected chi connectivity index (χ1v) is 10.9. The van der Waals surface area contributed by atoms with Crippen molar-refractivity contribution in [3.8, 4) is 0 Å². The largest absolute Gasteiger partial charge is 0.346 e. The van der Waals surface area contributed by atoms with Crippen LogP contribution >= 0.6 is 0 Å². The molecule has 1 aromatic heterocycles. The van der Waals surface area contributed by atoms with E-state index in [1.165, 1.54) is 50.8 Å².